The molecule has 20 heavy (non-hydrogen) atoms. The van der Waals surface area contributed by atoms with E-state index in [2.05, 4.69) is 43.3 Å². The molecule has 104 valence electrons. The van der Waals surface area contributed by atoms with Crippen molar-refractivity contribution in [1.29, 1.82) is 0 Å². The zero-order chi connectivity index (χ0) is 13.9. The molecule has 1 fully saturated rings. The van der Waals surface area contributed by atoms with Gasteiger partial charge in [-0.15, -0.1) is 0 Å². The summed E-state index contributed by atoms with van der Waals surface area (Å²) in [6.45, 7) is 2.72. The Labute approximate surface area is 120 Å². The molecule has 2 heteroatoms. The van der Waals surface area contributed by atoms with Crippen molar-refractivity contribution in [2.75, 3.05) is 0 Å². The van der Waals surface area contributed by atoms with Crippen LogP contribution in [0.5, 0.6) is 5.75 Å². The summed E-state index contributed by atoms with van der Waals surface area (Å²) < 4.78 is 5.80. The molecule has 2 N–H and O–H groups in total. The van der Waals surface area contributed by atoms with E-state index in [0.717, 1.165) is 5.75 Å². The van der Waals surface area contributed by atoms with Crippen molar-refractivity contribution in [3.8, 4) is 5.75 Å². The van der Waals surface area contributed by atoms with Crippen molar-refractivity contribution < 1.29 is 4.74 Å². The molecule has 3 atom stereocenters. The van der Waals surface area contributed by atoms with Crippen LogP contribution >= 0.6 is 0 Å². The van der Waals surface area contributed by atoms with Crippen molar-refractivity contribution in [3.63, 3.8) is 0 Å². The van der Waals surface area contributed by atoms with E-state index in [9.17, 15) is 0 Å². The summed E-state index contributed by atoms with van der Waals surface area (Å²) in [6, 6.07) is 19.0. The standard InChI is InChI=1S/C18H21NO/c1-13(19)17-11-18(17)15-7-9-16(10-8-15)20-12-14-5-3-2-4-6-14/h2-10,13,17-18H,11-12,19H2,1H3/t13-,17+,18-/m0/s1. The van der Waals surface area contributed by atoms with E-state index in [1.807, 2.05) is 18.2 Å². The maximum absolute atomic E-state index is 5.94. The maximum Gasteiger partial charge on any atom is 0.119 e. The van der Waals surface area contributed by atoms with Gasteiger partial charge < -0.3 is 10.5 Å². The Bertz CT molecular complexity index is 547. The molecule has 0 aliphatic heterocycles. The molecule has 1 aliphatic carbocycles. The van der Waals surface area contributed by atoms with Gasteiger partial charge in [-0.05, 0) is 48.4 Å². The number of hydrogen-bond acceptors (Lipinski definition) is 2. The normalized spacial score (nSPS) is 22.3. The van der Waals surface area contributed by atoms with E-state index in [4.69, 9.17) is 10.5 Å². The van der Waals surface area contributed by atoms with Gasteiger partial charge in [0.25, 0.3) is 0 Å². The molecule has 0 radical (unpaired) electrons. The largest absolute Gasteiger partial charge is 0.489 e. The number of benzene rings is 2. The minimum Gasteiger partial charge on any atom is -0.489 e. The first-order valence-electron chi connectivity index (χ1n) is 7.26. The Morgan fingerprint density at radius 3 is 2.40 bits per heavy atom. The lowest BCUT2D eigenvalue weighted by atomic mass is 10.1. The number of hydrogen-bond donors (Lipinski definition) is 1. The van der Waals surface area contributed by atoms with Crippen molar-refractivity contribution in [1.82, 2.24) is 0 Å². The second-order valence-electron chi connectivity index (χ2n) is 5.71. The number of rotatable bonds is 5. The highest BCUT2D eigenvalue weighted by atomic mass is 16.5. The first-order valence-corrected chi connectivity index (χ1v) is 7.26. The molecule has 2 aromatic carbocycles. The van der Waals surface area contributed by atoms with Gasteiger partial charge in [-0.2, -0.15) is 0 Å². The van der Waals surface area contributed by atoms with Crippen LogP contribution in [0.1, 0.15) is 30.4 Å². The number of ether oxygens (including phenoxy) is 1. The van der Waals surface area contributed by atoms with E-state index < -0.39 is 0 Å². The second-order valence-corrected chi connectivity index (χ2v) is 5.71. The molecular weight excluding hydrogens is 246 g/mol. The molecule has 0 aromatic heterocycles. The Hall–Kier alpha value is -1.80. The predicted octanol–water partition coefficient (Wildman–Crippen LogP) is 3.72. The zero-order valence-electron chi connectivity index (χ0n) is 11.8. The third kappa shape index (κ3) is 3.02. The van der Waals surface area contributed by atoms with Gasteiger partial charge >= 0.3 is 0 Å². The fraction of sp³-hybridized carbons (Fsp3) is 0.333. The molecule has 0 unspecified atom stereocenters. The molecular formula is C18H21NO. The van der Waals surface area contributed by atoms with Crippen molar-refractivity contribution in [2.24, 2.45) is 11.7 Å². The van der Waals surface area contributed by atoms with E-state index in [0.29, 0.717) is 24.5 Å². The molecule has 0 amide bonds. The van der Waals surface area contributed by atoms with Gasteiger partial charge in [0.15, 0.2) is 0 Å². The Balaban J connectivity index is 1.57. The van der Waals surface area contributed by atoms with Crippen molar-refractivity contribution in [2.45, 2.75) is 31.9 Å². The Morgan fingerprint density at radius 2 is 1.80 bits per heavy atom. The fourth-order valence-corrected chi connectivity index (χ4v) is 2.73. The van der Waals surface area contributed by atoms with Crippen LogP contribution in [0.3, 0.4) is 0 Å². The van der Waals surface area contributed by atoms with Crippen LogP contribution in [-0.2, 0) is 6.61 Å². The molecule has 0 saturated heterocycles. The highest BCUT2D eigenvalue weighted by Gasteiger charge is 2.40. The molecule has 3 rings (SSSR count). The molecule has 1 saturated carbocycles. The molecule has 2 aromatic rings. The third-order valence-corrected chi connectivity index (χ3v) is 4.07. The summed E-state index contributed by atoms with van der Waals surface area (Å²) in [5.74, 6) is 2.24. The lowest BCUT2D eigenvalue weighted by Crippen LogP contribution is -2.17. The SMILES string of the molecule is C[C@H](N)[C@H]1C[C@H]1c1ccc(OCc2ccccc2)cc1. The molecule has 0 heterocycles. The summed E-state index contributed by atoms with van der Waals surface area (Å²) >= 11 is 0. The van der Waals surface area contributed by atoms with E-state index in [-0.39, 0.29) is 0 Å². The minimum atomic E-state index is 0.300. The maximum atomic E-state index is 5.94. The second kappa shape index (κ2) is 5.68. The quantitative estimate of drug-likeness (QED) is 0.896. The van der Waals surface area contributed by atoms with Crippen LogP contribution in [0, 0.1) is 5.92 Å². The van der Waals surface area contributed by atoms with Crippen LogP contribution in [0.25, 0.3) is 0 Å². The van der Waals surface area contributed by atoms with Crippen LogP contribution < -0.4 is 10.5 Å². The first kappa shape index (κ1) is 13.2. The van der Waals surface area contributed by atoms with Crippen molar-refractivity contribution in [3.05, 3.63) is 65.7 Å². The molecule has 0 bridgehead atoms. The average molecular weight is 267 g/mol. The van der Waals surface area contributed by atoms with Crippen LogP contribution in [0.4, 0.5) is 0 Å². The lowest BCUT2D eigenvalue weighted by Gasteiger charge is -2.08. The monoisotopic (exact) mass is 267 g/mol. The Kier molecular flexibility index (Phi) is 3.75. The molecule has 1 aliphatic rings. The summed E-state index contributed by atoms with van der Waals surface area (Å²) in [7, 11) is 0. The number of nitrogens with two attached hydrogens (primary N) is 1. The van der Waals surface area contributed by atoms with Gasteiger partial charge in [0, 0.05) is 6.04 Å². The van der Waals surface area contributed by atoms with Gasteiger partial charge in [0.1, 0.15) is 12.4 Å². The van der Waals surface area contributed by atoms with Crippen LogP contribution in [0.2, 0.25) is 0 Å². The van der Waals surface area contributed by atoms with Gasteiger partial charge in [0.05, 0.1) is 0 Å². The highest BCUT2D eigenvalue weighted by molar-refractivity contribution is 5.33. The summed E-state index contributed by atoms with van der Waals surface area (Å²) in [6.07, 6.45) is 1.22. The van der Waals surface area contributed by atoms with E-state index in [1.165, 1.54) is 17.5 Å². The summed E-state index contributed by atoms with van der Waals surface area (Å²) in [5, 5.41) is 0. The summed E-state index contributed by atoms with van der Waals surface area (Å²) in [5.41, 5.74) is 8.52. The van der Waals surface area contributed by atoms with Crippen molar-refractivity contribution >= 4 is 0 Å². The zero-order valence-corrected chi connectivity index (χ0v) is 11.8. The smallest absolute Gasteiger partial charge is 0.119 e. The third-order valence-electron chi connectivity index (χ3n) is 4.07. The van der Waals surface area contributed by atoms with Crippen LogP contribution in [0.15, 0.2) is 54.6 Å². The Morgan fingerprint density at radius 1 is 1.10 bits per heavy atom. The average Bonchev–Trinajstić information content (AvgIpc) is 3.27. The van der Waals surface area contributed by atoms with E-state index in [1.54, 1.807) is 0 Å². The topological polar surface area (TPSA) is 35.2 Å². The highest BCUT2D eigenvalue weighted by Crippen LogP contribution is 2.49. The minimum absolute atomic E-state index is 0.300. The van der Waals surface area contributed by atoms with E-state index >= 15 is 0 Å². The molecule has 0 spiro atoms. The van der Waals surface area contributed by atoms with Crippen LogP contribution in [-0.4, -0.2) is 6.04 Å². The molecule has 2 nitrogen and oxygen atoms in total. The fourth-order valence-electron chi connectivity index (χ4n) is 2.73. The lowest BCUT2D eigenvalue weighted by molar-refractivity contribution is 0.306. The predicted molar refractivity (Wildman–Crippen MR) is 81.7 cm³/mol. The van der Waals surface area contributed by atoms with Gasteiger partial charge in [-0.1, -0.05) is 42.5 Å². The van der Waals surface area contributed by atoms with Gasteiger partial charge in [-0.25, -0.2) is 0 Å². The first-order chi connectivity index (χ1) is 9.74. The van der Waals surface area contributed by atoms with Gasteiger partial charge in [-0.3, -0.25) is 0 Å². The van der Waals surface area contributed by atoms with Gasteiger partial charge in [0.2, 0.25) is 0 Å². The summed E-state index contributed by atoms with van der Waals surface area (Å²) in [4.78, 5) is 0.